The number of fused-ring (bicyclic) bond motifs is 1. The fourth-order valence-corrected chi connectivity index (χ4v) is 2.54. The molecule has 0 heterocycles. The molecule has 0 unspecified atom stereocenters. The summed E-state index contributed by atoms with van der Waals surface area (Å²) >= 11 is 0. The van der Waals surface area contributed by atoms with Gasteiger partial charge < -0.3 is 5.32 Å². The van der Waals surface area contributed by atoms with Crippen LogP contribution in [-0.4, -0.2) is 11.6 Å². The summed E-state index contributed by atoms with van der Waals surface area (Å²) in [4.78, 5) is 24.6. The van der Waals surface area contributed by atoms with Gasteiger partial charge in [-0.25, -0.2) is 0 Å². The van der Waals surface area contributed by atoms with Gasteiger partial charge in [0.25, 0.3) is 0 Å². The van der Waals surface area contributed by atoms with Gasteiger partial charge in [0.1, 0.15) is 0 Å². The van der Waals surface area contributed by atoms with Crippen molar-refractivity contribution in [3.8, 4) is 0 Å². The highest BCUT2D eigenvalue weighted by molar-refractivity contribution is 6.25. The molecule has 1 aliphatic carbocycles. The second-order valence-electron chi connectivity index (χ2n) is 5.70. The molecule has 0 saturated carbocycles. The number of hydrogen-bond donors (Lipinski definition) is 1. The maximum Gasteiger partial charge on any atom is 0.210 e. The highest BCUT2D eigenvalue weighted by Gasteiger charge is 2.25. The van der Waals surface area contributed by atoms with Gasteiger partial charge in [-0.15, -0.1) is 0 Å². The Balaban J connectivity index is 1.92. The first kappa shape index (κ1) is 14.3. The molecule has 3 nitrogen and oxygen atoms in total. The van der Waals surface area contributed by atoms with Crippen LogP contribution in [0.2, 0.25) is 0 Å². The van der Waals surface area contributed by atoms with Crippen LogP contribution in [0.4, 0.5) is 5.69 Å². The molecule has 3 heteroatoms. The highest BCUT2D eigenvalue weighted by Crippen LogP contribution is 2.24. The molecule has 0 aromatic heterocycles. The van der Waals surface area contributed by atoms with Gasteiger partial charge in [0.15, 0.2) is 5.78 Å². The summed E-state index contributed by atoms with van der Waals surface area (Å²) in [6.07, 6.45) is 1.38. The number of ketones is 2. The molecule has 1 aliphatic rings. The van der Waals surface area contributed by atoms with Crippen molar-refractivity contribution >= 4 is 17.3 Å². The van der Waals surface area contributed by atoms with E-state index in [0.717, 1.165) is 5.69 Å². The van der Waals surface area contributed by atoms with Crippen LogP contribution in [0.15, 0.2) is 60.3 Å². The molecular formula is C19H17NO2. The van der Waals surface area contributed by atoms with Crippen molar-refractivity contribution in [3.05, 3.63) is 77.0 Å². The van der Waals surface area contributed by atoms with E-state index in [1.807, 2.05) is 24.3 Å². The molecule has 3 rings (SSSR count). The summed E-state index contributed by atoms with van der Waals surface area (Å²) in [5.74, 6) is 0.114. The minimum absolute atomic E-state index is 0.141. The average molecular weight is 291 g/mol. The minimum Gasteiger partial charge on any atom is -0.352 e. The fourth-order valence-electron chi connectivity index (χ4n) is 2.54. The van der Waals surface area contributed by atoms with Crippen molar-refractivity contribution < 1.29 is 9.59 Å². The van der Waals surface area contributed by atoms with Crippen LogP contribution in [0, 0.1) is 0 Å². The topological polar surface area (TPSA) is 46.2 Å². The van der Waals surface area contributed by atoms with Gasteiger partial charge in [-0.3, -0.25) is 9.59 Å². The molecule has 1 N–H and O–H groups in total. The number of nitrogens with one attached hydrogen (secondary N) is 1. The highest BCUT2D eigenvalue weighted by atomic mass is 16.1. The Labute approximate surface area is 129 Å². The third-order valence-electron chi connectivity index (χ3n) is 3.79. The molecule has 0 atom stereocenters. The Morgan fingerprint density at radius 2 is 1.64 bits per heavy atom. The summed E-state index contributed by atoms with van der Waals surface area (Å²) < 4.78 is 0. The first-order chi connectivity index (χ1) is 10.6. The lowest BCUT2D eigenvalue weighted by Crippen LogP contribution is -2.21. The third-order valence-corrected chi connectivity index (χ3v) is 3.79. The third kappa shape index (κ3) is 2.58. The fraction of sp³-hybridized carbons (Fsp3) is 0.158. The van der Waals surface area contributed by atoms with Gasteiger partial charge in [0.2, 0.25) is 5.78 Å². The second kappa shape index (κ2) is 5.60. The van der Waals surface area contributed by atoms with Crippen molar-refractivity contribution in [1.29, 1.82) is 0 Å². The van der Waals surface area contributed by atoms with E-state index in [1.165, 1.54) is 11.6 Å². The van der Waals surface area contributed by atoms with Gasteiger partial charge in [0.05, 0.1) is 5.70 Å². The van der Waals surface area contributed by atoms with Gasteiger partial charge in [-0.05, 0) is 23.6 Å². The SMILES string of the molecule is CC(C)c1cccc(NC2=CC(=O)c3ccccc3C2=O)c1. The van der Waals surface area contributed by atoms with Crippen molar-refractivity contribution in [3.63, 3.8) is 0 Å². The molecule has 0 bridgehead atoms. The lowest BCUT2D eigenvalue weighted by Gasteiger charge is -2.17. The lowest BCUT2D eigenvalue weighted by molar-refractivity contribution is 0.0985. The number of carbonyl (C=O) groups is 2. The quantitative estimate of drug-likeness (QED) is 0.922. The number of carbonyl (C=O) groups excluding carboxylic acids is 2. The van der Waals surface area contributed by atoms with Gasteiger partial charge >= 0.3 is 0 Å². The van der Waals surface area contributed by atoms with Crippen LogP contribution in [0.5, 0.6) is 0 Å². The molecule has 0 radical (unpaired) electrons. The van der Waals surface area contributed by atoms with Crippen LogP contribution in [0.25, 0.3) is 0 Å². The Hall–Kier alpha value is -2.68. The molecule has 2 aromatic carbocycles. The Morgan fingerprint density at radius 3 is 2.36 bits per heavy atom. The predicted octanol–water partition coefficient (Wildman–Crippen LogP) is 4.19. The summed E-state index contributed by atoms with van der Waals surface area (Å²) in [6, 6.07) is 14.8. The van der Waals surface area contributed by atoms with Gasteiger partial charge in [0, 0.05) is 22.9 Å². The average Bonchev–Trinajstić information content (AvgIpc) is 2.52. The molecule has 0 saturated heterocycles. The van der Waals surface area contributed by atoms with Gasteiger partial charge in [-0.2, -0.15) is 0 Å². The van der Waals surface area contributed by atoms with Crippen LogP contribution in [0.3, 0.4) is 0 Å². The number of rotatable bonds is 3. The zero-order chi connectivity index (χ0) is 15.7. The zero-order valence-electron chi connectivity index (χ0n) is 12.6. The summed E-state index contributed by atoms with van der Waals surface area (Å²) in [5.41, 5.74) is 3.25. The predicted molar refractivity (Wildman–Crippen MR) is 87.3 cm³/mol. The van der Waals surface area contributed by atoms with E-state index in [2.05, 4.69) is 19.2 Å². The summed E-state index contributed by atoms with van der Waals surface area (Å²) in [5, 5.41) is 3.09. The Morgan fingerprint density at radius 1 is 0.909 bits per heavy atom. The first-order valence-corrected chi connectivity index (χ1v) is 7.33. The van der Waals surface area contributed by atoms with Crippen LogP contribution < -0.4 is 5.32 Å². The first-order valence-electron chi connectivity index (χ1n) is 7.33. The van der Waals surface area contributed by atoms with E-state index in [-0.39, 0.29) is 11.6 Å². The van der Waals surface area contributed by atoms with E-state index in [4.69, 9.17) is 0 Å². The Bertz CT molecular complexity index is 788. The van der Waals surface area contributed by atoms with E-state index in [9.17, 15) is 9.59 Å². The normalized spacial score (nSPS) is 13.9. The summed E-state index contributed by atoms with van der Waals surface area (Å²) in [6.45, 7) is 4.23. The monoisotopic (exact) mass is 291 g/mol. The van der Waals surface area contributed by atoms with E-state index in [0.29, 0.717) is 22.7 Å². The minimum atomic E-state index is -0.148. The molecule has 110 valence electrons. The molecule has 0 spiro atoms. The summed E-state index contributed by atoms with van der Waals surface area (Å²) in [7, 11) is 0. The molecule has 0 fully saturated rings. The van der Waals surface area contributed by atoms with Crippen molar-refractivity contribution in [2.45, 2.75) is 19.8 Å². The van der Waals surface area contributed by atoms with Crippen LogP contribution in [0.1, 0.15) is 46.0 Å². The zero-order valence-corrected chi connectivity index (χ0v) is 12.6. The maximum absolute atomic E-state index is 12.5. The van der Waals surface area contributed by atoms with E-state index in [1.54, 1.807) is 24.3 Å². The van der Waals surface area contributed by atoms with Gasteiger partial charge in [-0.1, -0.05) is 50.2 Å². The molecular weight excluding hydrogens is 274 g/mol. The van der Waals surface area contributed by atoms with Crippen molar-refractivity contribution in [2.24, 2.45) is 0 Å². The molecule has 0 aliphatic heterocycles. The number of benzene rings is 2. The molecule has 0 amide bonds. The van der Waals surface area contributed by atoms with E-state index >= 15 is 0 Å². The van der Waals surface area contributed by atoms with Crippen LogP contribution >= 0.6 is 0 Å². The lowest BCUT2D eigenvalue weighted by atomic mass is 9.92. The standard InChI is InChI=1S/C19H17NO2/c1-12(2)13-6-5-7-14(10-13)20-17-11-18(21)15-8-3-4-9-16(15)19(17)22/h3-12,20H,1-2H3. The molecule has 22 heavy (non-hydrogen) atoms. The van der Waals surface area contributed by atoms with Crippen LogP contribution in [-0.2, 0) is 0 Å². The maximum atomic E-state index is 12.5. The number of allylic oxidation sites excluding steroid dienone is 2. The number of anilines is 1. The number of hydrogen-bond acceptors (Lipinski definition) is 3. The smallest absolute Gasteiger partial charge is 0.210 e. The Kier molecular flexibility index (Phi) is 3.63. The number of Topliss-reactive ketones (excluding diaryl/α,β-unsaturated/α-hetero) is 1. The van der Waals surface area contributed by atoms with Crippen molar-refractivity contribution in [2.75, 3.05) is 5.32 Å². The van der Waals surface area contributed by atoms with Crippen molar-refractivity contribution in [1.82, 2.24) is 0 Å². The second-order valence-corrected chi connectivity index (χ2v) is 5.70. The largest absolute Gasteiger partial charge is 0.352 e. The van der Waals surface area contributed by atoms with E-state index < -0.39 is 0 Å². The molecule has 2 aromatic rings.